The third kappa shape index (κ3) is 1.72. The molecule has 0 radical (unpaired) electrons. The summed E-state index contributed by atoms with van der Waals surface area (Å²) in [5.74, 6) is -1.24. The van der Waals surface area contributed by atoms with Crippen LogP contribution in [0.2, 0.25) is 5.02 Å². The number of carboxylic acid groups (broad SMARTS) is 1. The highest BCUT2D eigenvalue weighted by Crippen LogP contribution is 2.31. The van der Waals surface area contributed by atoms with Crippen molar-refractivity contribution >= 4 is 23.5 Å². The van der Waals surface area contributed by atoms with Crippen molar-refractivity contribution in [3.8, 4) is 11.1 Å². The van der Waals surface area contributed by atoms with Gasteiger partial charge in [-0.15, -0.1) is 0 Å². The molecule has 1 aromatic heterocycles. The van der Waals surface area contributed by atoms with Crippen molar-refractivity contribution in [3.63, 3.8) is 0 Å². The van der Waals surface area contributed by atoms with E-state index in [1.54, 1.807) is 24.3 Å². The molecule has 0 saturated carbocycles. The Bertz CT molecular complexity index is 551. The summed E-state index contributed by atoms with van der Waals surface area (Å²) in [6, 6.07) is 6.64. The van der Waals surface area contributed by atoms with Crippen molar-refractivity contribution < 1.29 is 14.4 Å². The van der Waals surface area contributed by atoms with E-state index in [-0.39, 0.29) is 17.1 Å². The van der Waals surface area contributed by atoms with Crippen LogP contribution < -0.4 is 5.73 Å². The quantitative estimate of drug-likeness (QED) is 0.838. The minimum absolute atomic E-state index is 0.0420. The maximum atomic E-state index is 10.9. The van der Waals surface area contributed by atoms with Crippen molar-refractivity contribution in [2.24, 2.45) is 0 Å². The topological polar surface area (TPSA) is 89.4 Å². The minimum Gasteiger partial charge on any atom is -0.476 e. The van der Waals surface area contributed by atoms with Gasteiger partial charge in [0.25, 0.3) is 0 Å². The van der Waals surface area contributed by atoms with Gasteiger partial charge < -0.3 is 15.4 Å². The van der Waals surface area contributed by atoms with Gasteiger partial charge in [0.1, 0.15) is 0 Å². The average molecular weight is 239 g/mol. The molecule has 5 nitrogen and oxygen atoms in total. The first-order valence-electron chi connectivity index (χ1n) is 4.34. The van der Waals surface area contributed by atoms with Gasteiger partial charge in [0.2, 0.25) is 11.6 Å². The average Bonchev–Trinajstić information content (AvgIpc) is 2.60. The molecule has 82 valence electrons. The smallest absolute Gasteiger partial charge is 0.358 e. The largest absolute Gasteiger partial charge is 0.476 e. The number of benzene rings is 1. The zero-order valence-corrected chi connectivity index (χ0v) is 8.73. The molecule has 0 unspecified atom stereocenters. The standard InChI is InChI=1S/C10H7ClN2O3/c11-6-3-1-2-5(4-6)7-8(10(14)15)13-16-9(7)12/h1-4H,12H2,(H,14,15). The lowest BCUT2D eigenvalue weighted by molar-refractivity contribution is 0.0686. The molecular formula is C10H7ClN2O3. The molecule has 6 heteroatoms. The summed E-state index contributed by atoms with van der Waals surface area (Å²) >= 11 is 5.81. The van der Waals surface area contributed by atoms with Crippen molar-refractivity contribution in [1.29, 1.82) is 0 Å². The van der Waals surface area contributed by atoms with Crippen molar-refractivity contribution in [1.82, 2.24) is 5.16 Å². The van der Waals surface area contributed by atoms with E-state index in [0.717, 1.165) is 0 Å². The van der Waals surface area contributed by atoms with Crippen LogP contribution in [0.5, 0.6) is 0 Å². The summed E-state index contributed by atoms with van der Waals surface area (Å²) in [5.41, 5.74) is 6.11. The van der Waals surface area contributed by atoms with Gasteiger partial charge in [-0.1, -0.05) is 28.9 Å². The highest BCUT2D eigenvalue weighted by molar-refractivity contribution is 6.30. The molecule has 2 rings (SSSR count). The van der Waals surface area contributed by atoms with Crippen LogP contribution in [0.1, 0.15) is 10.5 Å². The SMILES string of the molecule is Nc1onc(C(=O)O)c1-c1cccc(Cl)c1. The second-order valence-electron chi connectivity index (χ2n) is 3.09. The lowest BCUT2D eigenvalue weighted by Gasteiger charge is -1.99. The highest BCUT2D eigenvalue weighted by Gasteiger charge is 2.21. The van der Waals surface area contributed by atoms with E-state index < -0.39 is 5.97 Å². The zero-order valence-electron chi connectivity index (χ0n) is 7.98. The molecule has 0 atom stereocenters. The van der Waals surface area contributed by atoms with Crippen molar-refractivity contribution in [2.75, 3.05) is 5.73 Å². The summed E-state index contributed by atoms with van der Waals surface area (Å²) in [5, 5.41) is 12.8. The first kappa shape index (κ1) is 10.5. The van der Waals surface area contributed by atoms with Gasteiger partial charge in [0.05, 0.1) is 5.56 Å². The Kier molecular flexibility index (Phi) is 2.54. The first-order valence-corrected chi connectivity index (χ1v) is 4.72. The van der Waals surface area contributed by atoms with Crippen molar-refractivity contribution in [2.45, 2.75) is 0 Å². The van der Waals surface area contributed by atoms with E-state index >= 15 is 0 Å². The molecular weight excluding hydrogens is 232 g/mol. The molecule has 2 aromatic rings. The molecule has 0 saturated heterocycles. The van der Waals surface area contributed by atoms with Gasteiger partial charge in [-0.2, -0.15) is 0 Å². The van der Waals surface area contributed by atoms with E-state index in [1.165, 1.54) is 0 Å². The molecule has 1 aromatic carbocycles. The Balaban J connectivity index is 2.63. The van der Waals surface area contributed by atoms with Crippen molar-refractivity contribution in [3.05, 3.63) is 35.0 Å². The van der Waals surface area contributed by atoms with Crippen LogP contribution in [-0.4, -0.2) is 16.2 Å². The van der Waals surface area contributed by atoms with Gasteiger partial charge in [-0.3, -0.25) is 0 Å². The van der Waals surface area contributed by atoms with Crippen LogP contribution in [0, 0.1) is 0 Å². The van der Waals surface area contributed by atoms with Gasteiger partial charge in [-0.25, -0.2) is 4.79 Å². The number of carboxylic acids is 1. The molecule has 0 aliphatic carbocycles. The van der Waals surface area contributed by atoms with Gasteiger partial charge in [-0.05, 0) is 17.7 Å². The van der Waals surface area contributed by atoms with Crippen LogP contribution in [0.4, 0.5) is 5.88 Å². The lowest BCUT2D eigenvalue weighted by Crippen LogP contribution is -1.99. The summed E-state index contributed by atoms with van der Waals surface area (Å²) in [7, 11) is 0. The number of rotatable bonds is 2. The normalized spacial score (nSPS) is 10.3. The van der Waals surface area contributed by atoms with Gasteiger partial charge in [0, 0.05) is 5.02 Å². The molecule has 16 heavy (non-hydrogen) atoms. The van der Waals surface area contributed by atoms with E-state index in [1.807, 2.05) is 0 Å². The van der Waals surface area contributed by atoms with Gasteiger partial charge in [0.15, 0.2) is 0 Å². The van der Waals surface area contributed by atoms with Crippen LogP contribution in [0.15, 0.2) is 28.8 Å². The number of nitrogens with two attached hydrogens (primary N) is 1. The number of aromatic nitrogens is 1. The second kappa shape index (κ2) is 3.86. The van der Waals surface area contributed by atoms with E-state index in [9.17, 15) is 4.79 Å². The number of hydrogen-bond acceptors (Lipinski definition) is 4. The first-order chi connectivity index (χ1) is 7.59. The maximum Gasteiger partial charge on any atom is 0.358 e. The Morgan fingerprint density at radius 1 is 1.50 bits per heavy atom. The van der Waals surface area contributed by atoms with Crippen LogP contribution >= 0.6 is 11.6 Å². The molecule has 0 spiro atoms. The number of anilines is 1. The van der Waals surface area contributed by atoms with E-state index in [0.29, 0.717) is 10.6 Å². The molecule has 0 aliphatic heterocycles. The predicted molar refractivity (Wildman–Crippen MR) is 58.3 cm³/mol. The highest BCUT2D eigenvalue weighted by atomic mass is 35.5. The Labute approximate surface area is 95.4 Å². The van der Waals surface area contributed by atoms with Crippen LogP contribution in [0.25, 0.3) is 11.1 Å². The minimum atomic E-state index is -1.20. The number of hydrogen-bond donors (Lipinski definition) is 2. The number of aromatic carboxylic acids is 1. The fraction of sp³-hybridized carbons (Fsp3) is 0. The Morgan fingerprint density at radius 2 is 2.25 bits per heavy atom. The maximum absolute atomic E-state index is 10.9. The molecule has 0 aliphatic rings. The number of nitrogens with zero attached hydrogens (tertiary/aromatic N) is 1. The molecule has 0 amide bonds. The molecule has 0 fully saturated rings. The lowest BCUT2D eigenvalue weighted by atomic mass is 10.1. The fourth-order valence-corrected chi connectivity index (χ4v) is 1.56. The van der Waals surface area contributed by atoms with E-state index in [2.05, 4.69) is 9.68 Å². The molecule has 1 heterocycles. The predicted octanol–water partition coefficient (Wildman–Crippen LogP) is 2.28. The number of carbonyl (C=O) groups is 1. The summed E-state index contributed by atoms with van der Waals surface area (Å²) in [6.45, 7) is 0. The summed E-state index contributed by atoms with van der Waals surface area (Å²) < 4.78 is 4.66. The van der Waals surface area contributed by atoms with Crippen LogP contribution in [-0.2, 0) is 0 Å². The summed E-state index contributed by atoms with van der Waals surface area (Å²) in [6.07, 6.45) is 0. The van der Waals surface area contributed by atoms with Crippen LogP contribution in [0.3, 0.4) is 0 Å². The Morgan fingerprint density at radius 3 is 2.88 bits per heavy atom. The molecule has 0 bridgehead atoms. The fourth-order valence-electron chi connectivity index (χ4n) is 1.37. The zero-order chi connectivity index (χ0) is 11.7. The second-order valence-corrected chi connectivity index (χ2v) is 3.52. The monoisotopic (exact) mass is 238 g/mol. The third-order valence-electron chi connectivity index (χ3n) is 2.03. The third-order valence-corrected chi connectivity index (χ3v) is 2.27. The summed E-state index contributed by atoms with van der Waals surface area (Å²) in [4.78, 5) is 10.9. The number of nitrogen functional groups attached to an aromatic ring is 1. The molecule has 3 N–H and O–H groups in total. The van der Waals surface area contributed by atoms with Gasteiger partial charge >= 0.3 is 5.97 Å². The van der Waals surface area contributed by atoms with E-state index in [4.69, 9.17) is 22.4 Å². The number of halogens is 1. The Hall–Kier alpha value is -2.01.